The van der Waals surface area contributed by atoms with Crippen molar-refractivity contribution in [2.45, 2.75) is 37.4 Å². The Kier molecular flexibility index (Phi) is 3.21. The van der Waals surface area contributed by atoms with Crippen LogP contribution < -0.4 is 29.6 Å². The molecule has 4 heteroatoms. The van der Waals surface area contributed by atoms with Crippen molar-refractivity contribution >= 4 is 11.1 Å². The largest absolute Gasteiger partial charge is 1.00 e. The Morgan fingerprint density at radius 2 is 1.91 bits per heavy atom. The second-order valence-electron chi connectivity index (χ2n) is 3.64. The van der Waals surface area contributed by atoms with E-state index in [0.29, 0.717) is 5.41 Å². The zero-order chi connectivity index (χ0) is 7.19. The summed E-state index contributed by atoms with van der Waals surface area (Å²) in [5.41, 5.74) is 0.505. The maximum absolute atomic E-state index is 10.4. The van der Waals surface area contributed by atoms with Gasteiger partial charge in [-0.1, -0.05) is 17.5 Å². The standard InChI is InChI=1S/C7H12O2S.Na/c8-10(9)6-4-7(5-6)2-1-3-7;/h6H,1-5H2,(H,8,9);/q;+1/p-1. The summed E-state index contributed by atoms with van der Waals surface area (Å²) >= 11 is -1.79. The van der Waals surface area contributed by atoms with Crippen molar-refractivity contribution in [1.29, 1.82) is 0 Å². The third-order valence-electron chi connectivity index (χ3n) is 3.01. The van der Waals surface area contributed by atoms with E-state index in [2.05, 4.69) is 0 Å². The average molecular weight is 182 g/mol. The monoisotopic (exact) mass is 182 g/mol. The second kappa shape index (κ2) is 3.46. The van der Waals surface area contributed by atoms with Gasteiger partial charge in [0.05, 0.1) is 0 Å². The Bertz CT molecular complexity index is 171. The number of hydrogen-bond donors (Lipinski definition) is 0. The van der Waals surface area contributed by atoms with Crippen LogP contribution in [0.5, 0.6) is 0 Å². The van der Waals surface area contributed by atoms with Gasteiger partial charge in [-0.15, -0.1) is 0 Å². The molecule has 0 heterocycles. The predicted molar refractivity (Wildman–Crippen MR) is 38.2 cm³/mol. The maximum atomic E-state index is 10.4. The summed E-state index contributed by atoms with van der Waals surface area (Å²) in [5.74, 6) is 0. The Morgan fingerprint density at radius 3 is 2.18 bits per heavy atom. The maximum Gasteiger partial charge on any atom is 1.00 e. The molecule has 2 aliphatic carbocycles. The number of hydrogen-bond acceptors (Lipinski definition) is 2. The van der Waals surface area contributed by atoms with Gasteiger partial charge in [-0.2, -0.15) is 0 Å². The quantitative estimate of drug-likeness (QED) is 0.355. The molecule has 0 aromatic carbocycles. The van der Waals surface area contributed by atoms with Crippen LogP contribution >= 0.6 is 0 Å². The zero-order valence-corrected chi connectivity index (χ0v) is 9.65. The van der Waals surface area contributed by atoms with Crippen LogP contribution in [0.4, 0.5) is 0 Å². The van der Waals surface area contributed by atoms with E-state index in [9.17, 15) is 8.76 Å². The van der Waals surface area contributed by atoms with Crippen LogP contribution in [-0.2, 0) is 11.1 Å². The predicted octanol–water partition coefficient (Wildman–Crippen LogP) is -1.80. The van der Waals surface area contributed by atoms with Crippen molar-refractivity contribution in [3.8, 4) is 0 Å². The molecule has 0 N–H and O–H groups in total. The molecule has 1 atom stereocenters. The molecule has 0 saturated heterocycles. The van der Waals surface area contributed by atoms with Gasteiger partial charge in [-0.3, -0.25) is 4.21 Å². The Morgan fingerprint density at radius 1 is 1.36 bits per heavy atom. The van der Waals surface area contributed by atoms with Crippen molar-refractivity contribution in [2.75, 3.05) is 0 Å². The van der Waals surface area contributed by atoms with Gasteiger partial charge < -0.3 is 4.55 Å². The first-order valence-corrected chi connectivity index (χ1v) is 4.94. The van der Waals surface area contributed by atoms with E-state index in [0.717, 1.165) is 12.8 Å². The van der Waals surface area contributed by atoms with Crippen molar-refractivity contribution in [3.05, 3.63) is 0 Å². The van der Waals surface area contributed by atoms with Crippen LogP contribution in [0.2, 0.25) is 0 Å². The molecule has 0 aromatic heterocycles. The Labute approximate surface area is 91.7 Å². The third-order valence-corrected chi connectivity index (χ3v) is 3.89. The molecular weight excluding hydrogens is 171 g/mol. The molecule has 1 spiro atoms. The third kappa shape index (κ3) is 1.73. The molecule has 0 aromatic rings. The van der Waals surface area contributed by atoms with Crippen LogP contribution in [0, 0.1) is 5.41 Å². The first-order valence-electron chi connectivity index (χ1n) is 3.80. The zero-order valence-electron chi connectivity index (χ0n) is 6.84. The van der Waals surface area contributed by atoms with Crippen molar-refractivity contribution in [2.24, 2.45) is 5.41 Å². The SMILES string of the molecule is O=S([O-])C1CC2(CCC2)C1.[Na+]. The number of rotatable bonds is 1. The van der Waals surface area contributed by atoms with Crippen LogP contribution in [-0.4, -0.2) is 14.0 Å². The van der Waals surface area contributed by atoms with Crippen LogP contribution in [0.3, 0.4) is 0 Å². The summed E-state index contributed by atoms with van der Waals surface area (Å²) in [4.78, 5) is 0. The first kappa shape index (κ1) is 10.2. The van der Waals surface area contributed by atoms with Gasteiger partial charge in [0.15, 0.2) is 0 Å². The van der Waals surface area contributed by atoms with Gasteiger partial charge in [0.2, 0.25) is 0 Å². The van der Waals surface area contributed by atoms with E-state index >= 15 is 0 Å². The molecular formula is C7H11NaO2S. The molecule has 58 valence electrons. The summed E-state index contributed by atoms with van der Waals surface area (Å²) in [7, 11) is 0. The van der Waals surface area contributed by atoms with Crippen molar-refractivity contribution in [3.63, 3.8) is 0 Å². The van der Waals surface area contributed by atoms with E-state index < -0.39 is 11.1 Å². The van der Waals surface area contributed by atoms with Gasteiger partial charge in [0.1, 0.15) is 0 Å². The van der Waals surface area contributed by atoms with Gasteiger partial charge >= 0.3 is 29.6 Å². The molecule has 2 saturated carbocycles. The van der Waals surface area contributed by atoms with Gasteiger partial charge in [0, 0.05) is 5.25 Å². The topological polar surface area (TPSA) is 40.1 Å². The molecule has 2 aliphatic rings. The van der Waals surface area contributed by atoms with Gasteiger partial charge in [0.25, 0.3) is 0 Å². The summed E-state index contributed by atoms with van der Waals surface area (Å²) < 4.78 is 20.8. The van der Waals surface area contributed by atoms with Crippen LogP contribution in [0.25, 0.3) is 0 Å². The van der Waals surface area contributed by atoms with E-state index in [4.69, 9.17) is 0 Å². The molecule has 11 heavy (non-hydrogen) atoms. The molecule has 0 radical (unpaired) electrons. The van der Waals surface area contributed by atoms with Crippen LogP contribution in [0.15, 0.2) is 0 Å². The van der Waals surface area contributed by atoms with Gasteiger partial charge in [-0.25, -0.2) is 0 Å². The van der Waals surface area contributed by atoms with E-state index in [1.165, 1.54) is 19.3 Å². The van der Waals surface area contributed by atoms with E-state index in [1.54, 1.807) is 0 Å². The minimum atomic E-state index is -1.79. The fourth-order valence-corrected chi connectivity index (χ4v) is 3.11. The smallest absolute Gasteiger partial charge is 0.772 e. The molecule has 0 bridgehead atoms. The minimum absolute atomic E-state index is 0. The van der Waals surface area contributed by atoms with Crippen LogP contribution in [0.1, 0.15) is 32.1 Å². The Balaban J connectivity index is 0.000000605. The molecule has 0 amide bonds. The van der Waals surface area contributed by atoms with Gasteiger partial charge in [-0.05, 0) is 31.1 Å². The van der Waals surface area contributed by atoms with Crippen molar-refractivity contribution < 1.29 is 38.3 Å². The Hall–Kier alpha value is 1.11. The normalized spacial score (nSPS) is 29.9. The first-order chi connectivity index (χ1) is 4.72. The summed E-state index contributed by atoms with van der Waals surface area (Å²) in [6.07, 6.45) is 5.77. The van der Waals surface area contributed by atoms with E-state index in [1.807, 2.05) is 0 Å². The molecule has 1 unspecified atom stereocenters. The van der Waals surface area contributed by atoms with E-state index in [-0.39, 0.29) is 34.8 Å². The average Bonchev–Trinajstić information content (AvgIpc) is 1.54. The summed E-state index contributed by atoms with van der Waals surface area (Å²) in [5, 5.41) is 0.000278. The fraction of sp³-hybridized carbons (Fsp3) is 1.00. The summed E-state index contributed by atoms with van der Waals surface area (Å²) in [6.45, 7) is 0. The minimum Gasteiger partial charge on any atom is -0.772 e. The van der Waals surface area contributed by atoms with Crippen molar-refractivity contribution in [1.82, 2.24) is 0 Å². The summed E-state index contributed by atoms with van der Waals surface area (Å²) in [6, 6.07) is 0. The second-order valence-corrected chi connectivity index (χ2v) is 4.83. The molecule has 0 aliphatic heterocycles. The molecule has 2 fully saturated rings. The fourth-order valence-electron chi connectivity index (χ4n) is 2.13. The molecule has 2 rings (SSSR count). The molecule has 2 nitrogen and oxygen atoms in total.